The van der Waals surface area contributed by atoms with Crippen molar-refractivity contribution in [3.05, 3.63) is 58.3 Å². The van der Waals surface area contributed by atoms with Crippen molar-refractivity contribution in [2.75, 3.05) is 0 Å². The SMILES string of the molecule is CCc1cc2c(cc3n2CC(C)(C(=O)NC2CCCCCC2)N(Cc2cccc(F)c2)C3=O)s1. The van der Waals surface area contributed by atoms with Crippen molar-refractivity contribution < 1.29 is 14.0 Å². The lowest BCUT2D eigenvalue weighted by Gasteiger charge is -2.44. The monoisotopic (exact) mass is 481 g/mol. The van der Waals surface area contributed by atoms with Crippen LogP contribution in [-0.2, 0) is 24.3 Å². The summed E-state index contributed by atoms with van der Waals surface area (Å²) in [6.07, 6.45) is 7.53. The van der Waals surface area contributed by atoms with E-state index in [2.05, 4.69) is 18.3 Å². The highest BCUT2D eigenvalue weighted by Gasteiger charge is 2.48. The maximum Gasteiger partial charge on any atom is 0.271 e. The van der Waals surface area contributed by atoms with Crippen LogP contribution in [0.25, 0.3) is 10.2 Å². The number of fused-ring (bicyclic) bond motifs is 3. The first-order valence-electron chi connectivity index (χ1n) is 12.4. The van der Waals surface area contributed by atoms with E-state index in [1.165, 1.54) is 29.9 Å². The average Bonchev–Trinajstić information content (AvgIpc) is 3.25. The number of nitrogens with one attached hydrogen (secondary N) is 1. The first-order chi connectivity index (χ1) is 16.4. The van der Waals surface area contributed by atoms with Crippen molar-refractivity contribution in [3.63, 3.8) is 0 Å². The molecule has 0 radical (unpaired) electrons. The molecule has 1 saturated carbocycles. The molecule has 1 unspecified atom stereocenters. The van der Waals surface area contributed by atoms with Crippen molar-refractivity contribution in [1.82, 2.24) is 14.8 Å². The highest BCUT2D eigenvalue weighted by molar-refractivity contribution is 7.19. The number of carbonyl (C=O) groups excluding carboxylic acids is 2. The summed E-state index contributed by atoms with van der Waals surface area (Å²) < 4.78 is 17.0. The predicted molar refractivity (Wildman–Crippen MR) is 134 cm³/mol. The number of hydrogen-bond donors (Lipinski definition) is 1. The highest BCUT2D eigenvalue weighted by atomic mass is 32.1. The zero-order valence-corrected chi connectivity index (χ0v) is 20.7. The quantitative estimate of drug-likeness (QED) is 0.478. The summed E-state index contributed by atoms with van der Waals surface area (Å²) in [5, 5.41) is 3.29. The zero-order chi connectivity index (χ0) is 23.9. The summed E-state index contributed by atoms with van der Waals surface area (Å²) >= 11 is 1.70. The van der Waals surface area contributed by atoms with E-state index in [9.17, 15) is 14.0 Å². The Hall–Kier alpha value is -2.67. The van der Waals surface area contributed by atoms with Gasteiger partial charge >= 0.3 is 0 Å². The van der Waals surface area contributed by atoms with Gasteiger partial charge in [-0.05, 0) is 56.0 Å². The van der Waals surface area contributed by atoms with Gasteiger partial charge < -0.3 is 14.8 Å². The number of halogens is 1. The lowest BCUT2D eigenvalue weighted by atomic mass is 9.93. The van der Waals surface area contributed by atoms with E-state index < -0.39 is 5.54 Å². The van der Waals surface area contributed by atoms with E-state index in [1.54, 1.807) is 28.4 Å². The summed E-state index contributed by atoms with van der Waals surface area (Å²) in [6, 6.07) is 10.5. The number of benzene rings is 1. The maximum atomic E-state index is 13.9. The van der Waals surface area contributed by atoms with E-state index in [4.69, 9.17) is 0 Å². The Morgan fingerprint density at radius 1 is 1.18 bits per heavy atom. The Morgan fingerprint density at radius 2 is 1.94 bits per heavy atom. The third-order valence-electron chi connectivity index (χ3n) is 7.42. The lowest BCUT2D eigenvalue weighted by Crippen LogP contribution is -2.64. The molecule has 1 atom stereocenters. The molecule has 2 aromatic heterocycles. The zero-order valence-electron chi connectivity index (χ0n) is 19.9. The van der Waals surface area contributed by atoms with E-state index in [0.717, 1.165) is 42.3 Å². The molecule has 1 aliphatic heterocycles. The van der Waals surface area contributed by atoms with Gasteiger partial charge in [-0.15, -0.1) is 11.3 Å². The molecule has 0 spiro atoms. The van der Waals surface area contributed by atoms with Crippen LogP contribution in [0.3, 0.4) is 0 Å². The molecule has 3 aromatic rings. The first kappa shape index (κ1) is 23.1. The molecule has 1 fully saturated rings. The molecule has 34 heavy (non-hydrogen) atoms. The van der Waals surface area contributed by atoms with E-state index in [1.807, 2.05) is 17.6 Å². The third kappa shape index (κ3) is 4.15. The van der Waals surface area contributed by atoms with Crippen molar-refractivity contribution in [1.29, 1.82) is 0 Å². The lowest BCUT2D eigenvalue weighted by molar-refractivity contribution is -0.134. The second kappa shape index (κ2) is 9.17. The molecule has 1 aromatic carbocycles. The van der Waals surface area contributed by atoms with Crippen LogP contribution in [-0.4, -0.2) is 32.9 Å². The third-order valence-corrected chi connectivity index (χ3v) is 8.64. The minimum Gasteiger partial charge on any atom is -0.351 e. The van der Waals surface area contributed by atoms with Crippen LogP contribution in [0.5, 0.6) is 0 Å². The van der Waals surface area contributed by atoms with Gasteiger partial charge in [0.1, 0.15) is 17.1 Å². The van der Waals surface area contributed by atoms with Crippen LogP contribution in [0.4, 0.5) is 4.39 Å². The smallest absolute Gasteiger partial charge is 0.271 e. The number of amides is 2. The molecule has 0 saturated heterocycles. The van der Waals surface area contributed by atoms with Gasteiger partial charge in [0.05, 0.1) is 16.8 Å². The van der Waals surface area contributed by atoms with E-state index in [-0.39, 0.29) is 30.2 Å². The van der Waals surface area contributed by atoms with E-state index >= 15 is 0 Å². The second-order valence-corrected chi connectivity index (χ2v) is 11.1. The van der Waals surface area contributed by atoms with Crippen LogP contribution in [0.15, 0.2) is 36.4 Å². The molecular weight excluding hydrogens is 449 g/mol. The number of hydrogen-bond acceptors (Lipinski definition) is 3. The van der Waals surface area contributed by atoms with Gasteiger partial charge in [-0.3, -0.25) is 9.59 Å². The highest BCUT2D eigenvalue weighted by Crippen LogP contribution is 2.37. The fourth-order valence-electron chi connectivity index (χ4n) is 5.39. The molecular formula is C27H32FN3O2S. The van der Waals surface area contributed by atoms with Crippen LogP contribution < -0.4 is 5.32 Å². The fourth-order valence-corrected chi connectivity index (χ4v) is 6.43. The van der Waals surface area contributed by atoms with Gasteiger partial charge in [0.15, 0.2) is 0 Å². The summed E-state index contributed by atoms with van der Waals surface area (Å²) in [5.41, 5.74) is 1.21. The topological polar surface area (TPSA) is 54.3 Å². The predicted octanol–water partition coefficient (Wildman–Crippen LogP) is 5.66. The molecule has 2 amide bonds. The van der Waals surface area contributed by atoms with Gasteiger partial charge in [0, 0.05) is 17.5 Å². The molecule has 7 heteroatoms. The summed E-state index contributed by atoms with van der Waals surface area (Å²) in [4.78, 5) is 30.6. The Labute approximate surface area is 203 Å². The number of carbonyl (C=O) groups is 2. The standard InChI is InChI=1S/C27H32FN3O2S/c1-3-21-14-22-24(34-21)15-23-25(32)31(16-18-9-8-10-19(28)13-18)27(2,17-30(22)23)26(33)29-20-11-6-4-5-7-12-20/h8-10,13-15,20H,3-7,11-12,16-17H2,1-2H3,(H,29,33). The average molecular weight is 482 g/mol. The molecule has 0 bridgehead atoms. The Bertz CT molecular complexity index is 1220. The molecule has 3 heterocycles. The van der Waals surface area contributed by atoms with Crippen LogP contribution in [0.2, 0.25) is 0 Å². The minimum atomic E-state index is -1.08. The molecule has 5 nitrogen and oxygen atoms in total. The number of rotatable bonds is 5. The second-order valence-electron chi connectivity index (χ2n) is 9.89. The van der Waals surface area contributed by atoms with Crippen molar-refractivity contribution in [3.8, 4) is 0 Å². The molecule has 2 aliphatic rings. The van der Waals surface area contributed by atoms with Gasteiger partial charge in [-0.2, -0.15) is 0 Å². The number of aromatic nitrogens is 1. The number of aryl methyl sites for hydroxylation is 1. The van der Waals surface area contributed by atoms with Crippen molar-refractivity contribution in [2.45, 2.75) is 83.5 Å². The molecule has 180 valence electrons. The normalized spacial score (nSPS) is 21.5. The van der Waals surface area contributed by atoms with E-state index in [0.29, 0.717) is 17.8 Å². The van der Waals surface area contributed by atoms with Crippen molar-refractivity contribution >= 4 is 33.4 Å². The van der Waals surface area contributed by atoms with Gasteiger partial charge in [-0.25, -0.2) is 4.39 Å². The summed E-state index contributed by atoms with van der Waals surface area (Å²) in [5.74, 6) is -0.652. The Balaban J connectivity index is 1.53. The van der Waals surface area contributed by atoms with Crippen molar-refractivity contribution in [2.24, 2.45) is 0 Å². The molecule has 1 N–H and O–H groups in total. The summed E-state index contributed by atoms with van der Waals surface area (Å²) in [7, 11) is 0. The largest absolute Gasteiger partial charge is 0.351 e. The maximum absolute atomic E-state index is 13.9. The molecule has 5 rings (SSSR count). The fraction of sp³-hybridized carbons (Fsp3) is 0.481. The Morgan fingerprint density at radius 3 is 2.65 bits per heavy atom. The Kier molecular flexibility index (Phi) is 6.23. The van der Waals surface area contributed by atoms with Crippen LogP contribution in [0.1, 0.15) is 73.3 Å². The minimum absolute atomic E-state index is 0.123. The van der Waals surface area contributed by atoms with Gasteiger partial charge in [-0.1, -0.05) is 44.7 Å². The molecule has 1 aliphatic carbocycles. The van der Waals surface area contributed by atoms with Gasteiger partial charge in [0.2, 0.25) is 5.91 Å². The van der Waals surface area contributed by atoms with Crippen LogP contribution in [0, 0.1) is 5.82 Å². The number of nitrogens with zero attached hydrogens (tertiary/aromatic N) is 2. The summed E-state index contributed by atoms with van der Waals surface area (Å²) in [6.45, 7) is 4.55. The van der Waals surface area contributed by atoms with Gasteiger partial charge in [0.25, 0.3) is 5.91 Å². The van der Waals surface area contributed by atoms with Crippen LogP contribution >= 0.6 is 11.3 Å². The first-order valence-corrected chi connectivity index (χ1v) is 13.2. The number of thiophene rings is 1.